The number of carbonyl (C=O) groups excluding carboxylic acids is 1. The maximum Gasteiger partial charge on any atom is 0.218 e. The van der Waals surface area contributed by atoms with Crippen molar-refractivity contribution in [3.05, 3.63) is 0 Å². The van der Waals surface area contributed by atoms with Crippen LogP contribution in [0.15, 0.2) is 0 Å². The first-order chi connectivity index (χ1) is 5.26. The quantitative estimate of drug-likeness (QED) is 0.441. The third-order valence-electron chi connectivity index (χ3n) is 1.13. The molecule has 0 aliphatic carbocycles. The van der Waals surface area contributed by atoms with Gasteiger partial charge in [0, 0.05) is 14.2 Å². The summed E-state index contributed by atoms with van der Waals surface area (Å²) in [6, 6.07) is 0. The number of methoxy groups -OCH3 is 2. The van der Waals surface area contributed by atoms with Gasteiger partial charge in [-0.1, -0.05) is 5.92 Å². The van der Waals surface area contributed by atoms with Crippen molar-refractivity contribution in [1.82, 2.24) is 0 Å². The van der Waals surface area contributed by atoms with Gasteiger partial charge in [0.25, 0.3) is 0 Å². The van der Waals surface area contributed by atoms with Gasteiger partial charge in [-0.25, -0.2) is 0 Å². The van der Waals surface area contributed by atoms with Gasteiger partial charge < -0.3 is 9.47 Å². The average molecular weight is 156 g/mol. The van der Waals surface area contributed by atoms with Crippen molar-refractivity contribution in [2.24, 2.45) is 0 Å². The summed E-state index contributed by atoms with van der Waals surface area (Å²) >= 11 is 0. The van der Waals surface area contributed by atoms with Crippen LogP contribution in [-0.4, -0.2) is 26.3 Å². The van der Waals surface area contributed by atoms with Gasteiger partial charge in [0.05, 0.1) is 6.42 Å². The fourth-order valence-corrected chi connectivity index (χ4v) is 0.618. The molecule has 0 aromatic carbocycles. The van der Waals surface area contributed by atoms with Crippen molar-refractivity contribution in [3.63, 3.8) is 0 Å². The molecule has 0 aromatic rings. The Morgan fingerprint density at radius 1 is 1.45 bits per heavy atom. The molecule has 0 saturated carbocycles. The smallest absolute Gasteiger partial charge is 0.218 e. The first kappa shape index (κ1) is 10.2. The van der Waals surface area contributed by atoms with E-state index in [-0.39, 0.29) is 12.2 Å². The van der Waals surface area contributed by atoms with Gasteiger partial charge in [0.2, 0.25) is 12.1 Å². The van der Waals surface area contributed by atoms with Gasteiger partial charge in [0.15, 0.2) is 0 Å². The zero-order chi connectivity index (χ0) is 8.69. The van der Waals surface area contributed by atoms with Crippen LogP contribution < -0.4 is 0 Å². The standard InChI is InChI=1S/C8H12O3/c1-4-5-6-7(9)8(10-2)11-3/h8H,6H2,1-3H3. The molecule has 0 amide bonds. The van der Waals surface area contributed by atoms with Crippen molar-refractivity contribution < 1.29 is 14.3 Å². The van der Waals surface area contributed by atoms with Crippen LogP contribution in [0.3, 0.4) is 0 Å². The number of rotatable bonds is 4. The fourth-order valence-electron chi connectivity index (χ4n) is 0.618. The number of hydrogen-bond acceptors (Lipinski definition) is 3. The number of ether oxygens (including phenoxy) is 2. The number of hydrogen-bond donors (Lipinski definition) is 0. The topological polar surface area (TPSA) is 35.5 Å². The molecule has 0 fully saturated rings. The molecule has 0 atom stereocenters. The Morgan fingerprint density at radius 2 is 2.00 bits per heavy atom. The minimum Gasteiger partial charge on any atom is -0.349 e. The zero-order valence-corrected chi connectivity index (χ0v) is 7.01. The molecule has 0 aromatic heterocycles. The van der Waals surface area contributed by atoms with E-state index in [1.807, 2.05) is 0 Å². The monoisotopic (exact) mass is 156 g/mol. The lowest BCUT2D eigenvalue weighted by Gasteiger charge is -2.09. The van der Waals surface area contributed by atoms with Gasteiger partial charge in [-0.05, 0) is 6.92 Å². The first-order valence-corrected chi connectivity index (χ1v) is 3.24. The Bertz CT molecular complexity index is 172. The molecule has 0 N–H and O–H groups in total. The fraction of sp³-hybridized carbons (Fsp3) is 0.625. The summed E-state index contributed by atoms with van der Waals surface area (Å²) in [6.45, 7) is 1.68. The molecule has 0 saturated heterocycles. The largest absolute Gasteiger partial charge is 0.349 e. The van der Waals surface area contributed by atoms with E-state index in [9.17, 15) is 4.79 Å². The van der Waals surface area contributed by atoms with E-state index in [1.54, 1.807) is 6.92 Å². The van der Waals surface area contributed by atoms with Crippen LogP contribution in [0, 0.1) is 11.8 Å². The van der Waals surface area contributed by atoms with Crippen molar-refractivity contribution in [3.8, 4) is 11.8 Å². The second-order valence-corrected chi connectivity index (χ2v) is 1.87. The molecule has 0 bridgehead atoms. The summed E-state index contributed by atoms with van der Waals surface area (Å²) in [7, 11) is 2.84. The summed E-state index contributed by atoms with van der Waals surface area (Å²) in [4.78, 5) is 11.0. The van der Waals surface area contributed by atoms with E-state index in [0.717, 1.165) is 0 Å². The van der Waals surface area contributed by atoms with E-state index in [4.69, 9.17) is 9.47 Å². The highest BCUT2D eigenvalue weighted by molar-refractivity contribution is 5.83. The van der Waals surface area contributed by atoms with E-state index in [2.05, 4.69) is 11.8 Å². The second kappa shape index (κ2) is 5.90. The first-order valence-electron chi connectivity index (χ1n) is 3.24. The molecule has 0 aliphatic heterocycles. The molecule has 62 valence electrons. The third kappa shape index (κ3) is 3.76. The number of Topliss-reactive ketones (excluding diaryl/α,β-unsaturated/α-hetero) is 1. The Kier molecular flexibility index (Phi) is 5.44. The van der Waals surface area contributed by atoms with Gasteiger partial charge >= 0.3 is 0 Å². The van der Waals surface area contributed by atoms with Crippen LogP contribution in [0.25, 0.3) is 0 Å². The Balaban J connectivity index is 3.85. The molecule has 0 aliphatic rings. The maximum absolute atomic E-state index is 11.0. The summed E-state index contributed by atoms with van der Waals surface area (Å²) in [5.74, 6) is 5.11. The van der Waals surface area contributed by atoms with Crippen LogP contribution in [0.2, 0.25) is 0 Å². The lowest BCUT2D eigenvalue weighted by Crippen LogP contribution is -2.24. The van der Waals surface area contributed by atoms with E-state index >= 15 is 0 Å². The van der Waals surface area contributed by atoms with Crippen molar-refractivity contribution in [2.45, 2.75) is 19.6 Å². The second-order valence-electron chi connectivity index (χ2n) is 1.87. The lowest BCUT2D eigenvalue weighted by molar-refractivity contribution is -0.155. The van der Waals surface area contributed by atoms with Gasteiger partial charge in [-0.3, -0.25) is 4.79 Å². The molecule has 0 unspecified atom stereocenters. The Labute approximate surface area is 66.7 Å². The highest BCUT2D eigenvalue weighted by atomic mass is 16.7. The van der Waals surface area contributed by atoms with E-state index in [0.29, 0.717) is 0 Å². The third-order valence-corrected chi connectivity index (χ3v) is 1.13. The van der Waals surface area contributed by atoms with Crippen LogP contribution in [0.5, 0.6) is 0 Å². The minimum absolute atomic E-state index is 0.149. The average Bonchev–Trinajstić information content (AvgIpc) is 2.03. The maximum atomic E-state index is 11.0. The zero-order valence-electron chi connectivity index (χ0n) is 7.01. The lowest BCUT2D eigenvalue weighted by atomic mass is 10.3. The van der Waals surface area contributed by atoms with Crippen molar-refractivity contribution in [2.75, 3.05) is 14.2 Å². The van der Waals surface area contributed by atoms with Crippen LogP contribution in [0.4, 0.5) is 0 Å². The van der Waals surface area contributed by atoms with Gasteiger partial charge in [-0.15, -0.1) is 5.92 Å². The summed E-state index contributed by atoms with van der Waals surface area (Å²) in [5, 5.41) is 0. The molecule has 11 heavy (non-hydrogen) atoms. The van der Waals surface area contributed by atoms with Crippen molar-refractivity contribution >= 4 is 5.78 Å². The molecule has 0 spiro atoms. The van der Waals surface area contributed by atoms with Gasteiger partial charge in [0.1, 0.15) is 0 Å². The Hall–Kier alpha value is -0.850. The molecule has 3 nitrogen and oxygen atoms in total. The highest BCUT2D eigenvalue weighted by Crippen LogP contribution is 1.95. The molecular formula is C8H12O3. The normalized spacial score (nSPS) is 9.09. The minimum atomic E-state index is -0.768. The highest BCUT2D eigenvalue weighted by Gasteiger charge is 2.14. The predicted octanol–water partition coefficient (Wildman–Crippen LogP) is 0.588. The van der Waals surface area contributed by atoms with E-state index < -0.39 is 6.29 Å². The van der Waals surface area contributed by atoms with Crippen LogP contribution in [0.1, 0.15) is 13.3 Å². The van der Waals surface area contributed by atoms with Crippen LogP contribution >= 0.6 is 0 Å². The molecular weight excluding hydrogens is 144 g/mol. The van der Waals surface area contributed by atoms with Gasteiger partial charge in [-0.2, -0.15) is 0 Å². The Morgan fingerprint density at radius 3 is 2.36 bits per heavy atom. The van der Waals surface area contributed by atoms with E-state index in [1.165, 1.54) is 14.2 Å². The molecule has 0 heterocycles. The molecule has 3 heteroatoms. The molecule has 0 radical (unpaired) electrons. The SMILES string of the molecule is CC#CCC(=O)C(OC)OC. The summed E-state index contributed by atoms with van der Waals surface area (Å²) in [6.07, 6.45) is -0.584. The molecule has 0 rings (SSSR count). The van der Waals surface area contributed by atoms with Crippen LogP contribution in [-0.2, 0) is 14.3 Å². The summed E-state index contributed by atoms with van der Waals surface area (Å²) in [5.41, 5.74) is 0. The summed E-state index contributed by atoms with van der Waals surface area (Å²) < 4.78 is 9.44. The van der Waals surface area contributed by atoms with Crippen molar-refractivity contribution in [1.29, 1.82) is 0 Å². The number of ketones is 1. The number of carbonyl (C=O) groups is 1. The predicted molar refractivity (Wildman–Crippen MR) is 40.9 cm³/mol.